The van der Waals surface area contributed by atoms with Crippen LogP contribution in [0.2, 0.25) is 0 Å². The Kier molecular flexibility index (Phi) is 3.96. The van der Waals surface area contributed by atoms with Crippen LogP contribution >= 0.6 is 0 Å². The third kappa shape index (κ3) is 3.62. The Morgan fingerprint density at radius 3 is 3.16 bits per heavy atom. The minimum Gasteiger partial charge on any atom is -0.470 e. The lowest BCUT2D eigenvalue weighted by Gasteiger charge is -2.36. The smallest absolute Gasteiger partial charge is 0.330 e. The van der Waals surface area contributed by atoms with Crippen molar-refractivity contribution in [2.75, 3.05) is 19.7 Å². The van der Waals surface area contributed by atoms with Crippen molar-refractivity contribution in [2.45, 2.75) is 25.6 Å². The van der Waals surface area contributed by atoms with Gasteiger partial charge in [0.25, 0.3) is 5.88 Å². The number of nitro groups is 1. The third-order valence-electron chi connectivity index (χ3n) is 2.76. The van der Waals surface area contributed by atoms with Gasteiger partial charge in [0.2, 0.25) is 0 Å². The Bertz CT molecular complexity index is 464. The molecule has 1 aromatic rings. The Labute approximate surface area is 111 Å². The van der Waals surface area contributed by atoms with Crippen molar-refractivity contribution < 1.29 is 14.4 Å². The summed E-state index contributed by atoms with van der Waals surface area (Å²) in [7, 11) is 0. The van der Waals surface area contributed by atoms with Gasteiger partial charge in [-0.25, -0.2) is 4.98 Å². The Morgan fingerprint density at radius 2 is 2.47 bits per heavy atom. The van der Waals surface area contributed by atoms with Gasteiger partial charge >= 0.3 is 5.69 Å². The molecule has 1 atom stereocenters. The first kappa shape index (κ1) is 13.7. The molecule has 0 aromatic carbocycles. The standard InChI is InChI=1S/C12H17N3O4/c1-12(2)8-13-6-9(19-12)7-18-11-10(15(16)17)4-3-5-14-11/h3-5,9,13H,6-8H2,1-2H3. The Hall–Kier alpha value is -1.73. The number of morpholine rings is 1. The third-order valence-corrected chi connectivity index (χ3v) is 2.76. The van der Waals surface area contributed by atoms with E-state index in [0.29, 0.717) is 6.54 Å². The summed E-state index contributed by atoms with van der Waals surface area (Å²) in [6.07, 6.45) is 1.32. The minimum atomic E-state index is -0.508. The first-order valence-electron chi connectivity index (χ1n) is 6.09. The van der Waals surface area contributed by atoms with Crippen LogP contribution in [0.3, 0.4) is 0 Å². The Morgan fingerprint density at radius 1 is 1.68 bits per heavy atom. The van der Waals surface area contributed by atoms with Crippen molar-refractivity contribution in [1.29, 1.82) is 0 Å². The van der Waals surface area contributed by atoms with E-state index in [1.807, 2.05) is 13.8 Å². The highest BCUT2D eigenvalue weighted by atomic mass is 16.6. The van der Waals surface area contributed by atoms with Gasteiger partial charge in [0, 0.05) is 25.4 Å². The molecule has 0 aliphatic carbocycles. The van der Waals surface area contributed by atoms with E-state index in [4.69, 9.17) is 9.47 Å². The summed E-state index contributed by atoms with van der Waals surface area (Å²) in [5.74, 6) is 0.0273. The van der Waals surface area contributed by atoms with Crippen molar-refractivity contribution in [1.82, 2.24) is 10.3 Å². The number of aromatic nitrogens is 1. The topological polar surface area (TPSA) is 86.5 Å². The number of nitrogens with zero attached hydrogens (tertiary/aromatic N) is 2. The molecular formula is C12H17N3O4. The van der Waals surface area contributed by atoms with E-state index in [1.54, 1.807) is 0 Å². The first-order valence-corrected chi connectivity index (χ1v) is 6.09. The number of rotatable bonds is 4. The van der Waals surface area contributed by atoms with E-state index in [1.165, 1.54) is 18.3 Å². The summed E-state index contributed by atoms with van der Waals surface area (Å²) in [5, 5.41) is 14.1. The van der Waals surface area contributed by atoms with Crippen LogP contribution in [-0.2, 0) is 4.74 Å². The molecule has 19 heavy (non-hydrogen) atoms. The average Bonchev–Trinajstić information content (AvgIpc) is 2.35. The normalized spacial score (nSPS) is 21.9. The molecule has 1 aliphatic rings. The molecule has 0 spiro atoms. The molecule has 7 heteroatoms. The molecule has 2 rings (SSSR count). The summed E-state index contributed by atoms with van der Waals surface area (Å²) in [5.41, 5.74) is -0.395. The van der Waals surface area contributed by atoms with Crippen LogP contribution in [-0.4, -0.2) is 41.3 Å². The zero-order valence-corrected chi connectivity index (χ0v) is 11.0. The number of ether oxygens (including phenoxy) is 2. The number of pyridine rings is 1. The van der Waals surface area contributed by atoms with Gasteiger partial charge in [0.05, 0.1) is 10.5 Å². The lowest BCUT2D eigenvalue weighted by atomic mass is 10.1. The maximum Gasteiger partial charge on any atom is 0.330 e. The molecule has 1 N–H and O–H groups in total. The number of hydrogen-bond donors (Lipinski definition) is 1. The number of nitrogens with one attached hydrogen (secondary N) is 1. The molecule has 104 valence electrons. The molecule has 1 saturated heterocycles. The van der Waals surface area contributed by atoms with Crippen molar-refractivity contribution in [3.05, 3.63) is 28.4 Å². The van der Waals surface area contributed by atoms with Gasteiger partial charge in [-0.15, -0.1) is 0 Å². The zero-order valence-electron chi connectivity index (χ0n) is 11.0. The van der Waals surface area contributed by atoms with Gasteiger partial charge < -0.3 is 14.8 Å². The summed E-state index contributed by atoms with van der Waals surface area (Å²) >= 11 is 0. The molecule has 1 unspecified atom stereocenters. The summed E-state index contributed by atoms with van der Waals surface area (Å²) in [4.78, 5) is 14.2. The predicted octanol–water partition coefficient (Wildman–Crippen LogP) is 1.14. The van der Waals surface area contributed by atoms with Crippen molar-refractivity contribution in [3.63, 3.8) is 0 Å². The molecular weight excluding hydrogens is 250 g/mol. The van der Waals surface area contributed by atoms with E-state index < -0.39 is 4.92 Å². The molecule has 1 aromatic heterocycles. The highest BCUT2D eigenvalue weighted by molar-refractivity contribution is 5.39. The monoisotopic (exact) mass is 267 g/mol. The van der Waals surface area contributed by atoms with Crippen LogP contribution in [0.1, 0.15) is 13.8 Å². The van der Waals surface area contributed by atoms with E-state index in [-0.39, 0.29) is 29.9 Å². The van der Waals surface area contributed by atoms with Crippen LogP contribution in [0.5, 0.6) is 5.88 Å². The molecule has 1 aliphatic heterocycles. The van der Waals surface area contributed by atoms with E-state index in [0.717, 1.165) is 6.54 Å². The van der Waals surface area contributed by atoms with Gasteiger partial charge in [-0.3, -0.25) is 10.1 Å². The molecule has 0 radical (unpaired) electrons. The maximum atomic E-state index is 10.8. The average molecular weight is 267 g/mol. The minimum absolute atomic E-state index is 0.0273. The Balaban J connectivity index is 1.97. The summed E-state index contributed by atoms with van der Waals surface area (Å²) in [6.45, 7) is 5.62. The van der Waals surface area contributed by atoms with Crippen LogP contribution in [0.15, 0.2) is 18.3 Å². The van der Waals surface area contributed by atoms with Gasteiger partial charge in [-0.05, 0) is 19.9 Å². The largest absolute Gasteiger partial charge is 0.470 e. The molecule has 0 amide bonds. The molecule has 1 fully saturated rings. The van der Waals surface area contributed by atoms with E-state index >= 15 is 0 Å². The molecule has 0 saturated carbocycles. The lowest BCUT2D eigenvalue weighted by molar-refractivity contribution is -0.386. The fourth-order valence-electron chi connectivity index (χ4n) is 1.97. The van der Waals surface area contributed by atoms with Crippen molar-refractivity contribution >= 4 is 5.69 Å². The second kappa shape index (κ2) is 5.50. The maximum absolute atomic E-state index is 10.8. The SMILES string of the molecule is CC1(C)CNCC(COc2ncccc2[N+](=O)[O-])O1. The zero-order chi connectivity index (χ0) is 13.9. The lowest BCUT2D eigenvalue weighted by Crippen LogP contribution is -2.52. The molecule has 0 bridgehead atoms. The van der Waals surface area contributed by atoms with Crippen molar-refractivity contribution in [2.24, 2.45) is 0 Å². The van der Waals surface area contributed by atoms with Crippen LogP contribution < -0.4 is 10.1 Å². The van der Waals surface area contributed by atoms with Crippen LogP contribution in [0.25, 0.3) is 0 Å². The highest BCUT2D eigenvalue weighted by Gasteiger charge is 2.29. The summed E-state index contributed by atoms with van der Waals surface area (Å²) < 4.78 is 11.2. The fourth-order valence-corrected chi connectivity index (χ4v) is 1.97. The second-order valence-corrected chi connectivity index (χ2v) is 5.03. The first-order chi connectivity index (χ1) is 8.98. The van der Waals surface area contributed by atoms with E-state index in [9.17, 15) is 10.1 Å². The van der Waals surface area contributed by atoms with Gasteiger partial charge in [0.15, 0.2) is 0 Å². The summed E-state index contributed by atoms with van der Waals surface area (Å²) in [6, 6.07) is 2.87. The predicted molar refractivity (Wildman–Crippen MR) is 68.2 cm³/mol. The van der Waals surface area contributed by atoms with Gasteiger partial charge in [0.1, 0.15) is 12.7 Å². The quantitative estimate of drug-likeness (QED) is 0.650. The highest BCUT2D eigenvalue weighted by Crippen LogP contribution is 2.23. The van der Waals surface area contributed by atoms with E-state index in [2.05, 4.69) is 10.3 Å². The van der Waals surface area contributed by atoms with Crippen LogP contribution in [0, 0.1) is 10.1 Å². The molecule has 7 nitrogen and oxygen atoms in total. The van der Waals surface area contributed by atoms with Gasteiger partial charge in [-0.1, -0.05) is 0 Å². The molecule has 2 heterocycles. The van der Waals surface area contributed by atoms with Crippen molar-refractivity contribution in [3.8, 4) is 5.88 Å². The van der Waals surface area contributed by atoms with Crippen LogP contribution in [0.4, 0.5) is 5.69 Å². The second-order valence-electron chi connectivity index (χ2n) is 5.03. The number of hydrogen-bond acceptors (Lipinski definition) is 6. The fraction of sp³-hybridized carbons (Fsp3) is 0.583. The van der Waals surface area contributed by atoms with Gasteiger partial charge in [-0.2, -0.15) is 0 Å².